The van der Waals surface area contributed by atoms with E-state index in [1.807, 2.05) is 11.6 Å². The Morgan fingerprint density at radius 3 is 2.33 bits per heavy atom. The van der Waals surface area contributed by atoms with Gasteiger partial charge in [-0.15, -0.1) is 0 Å². The van der Waals surface area contributed by atoms with Crippen molar-refractivity contribution in [1.29, 1.82) is 0 Å². The summed E-state index contributed by atoms with van der Waals surface area (Å²) in [6.45, 7) is 1.80. The standard InChI is InChI=1S/C31H30F4N4O6S/c1-16-36-26-15-21(9-11-27(26)38(16)2)46(44,45)39(3)19-7-4-17(5-8-19)22-13-20(40)14-23(28(22)30(42)43)29(41)37-25-10-6-18(12-24(25)32)31(33,34)35/h4-12,15,20,22-23,28,40H,13-14H2,1-3H3,(H,37,41)(H,42,43)/t20-,22-,23-,28+/m1/s1. The zero-order valence-corrected chi connectivity index (χ0v) is 25.6. The molecule has 15 heteroatoms. The van der Waals surface area contributed by atoms with Crippen LogP contribution in [0.1, 0.15) is 35.7 Å². The van der Waals surface area contributed by atoms with E-state index in [0.29, 0.717) is 23.0 Å². The zero-order valence-electron chi connectivity index (χ0n) is 24.8. The molecule has 4 atom stereocenters. The number of sulfonamides is 1. The predicted molar refractivity (Wildman–Crippen MR) is 160 cm³/mol. The van der Waals surface area contributed by atoms with E-state index < -0.39 is 69.0 Å². The third-order valence-electron chi connectivity index (χ3n) is 8.51. The van der Waals surface area contributed by atoms with Gasteiger partial charge >= 0.3 is 12.1 Å². The zero-order chi connectivity index (χ0) is 33.7. The highest BCUT2D eigenvalue weighted by atomic mass is 32.2. The summed E-state index contributed by atoms with van der Waals surface area (Å²) in [6.07, 6.45) is -6.24. The molecule has 1 aromatic heterocycles. The second-order valence-electron chi connectivity index (χ2n) is 11.3. The number of carbonyl (C=O) groups is 2. The molecule has 1 aliphatic carbocycles. The average Bonchev–Trinajstić information content (AvgIpc) is 3.28. The minimum Gasteiger partial charge on any atom is -0.481 e. The molecule has 0 radical (unpaired) electrons. The fourth-order valence-corrected chi connectivity index (χ4v) is 7.14. The first kappa shape index (κ1) is 32.9. The molecule has 5 rings (SSSR count). The molecular formula is C31H30F4N4O6S. The number of aliphatic carboxylic acids is 1. The van der Waals surface area contributed by atoms with Crippen LogP contribution in [-0.4, -0.2) is 53.2 Å². The molecule has 0 bridgehead atoms. The van der Waals surface area contributed by atoms with Gasteiger partial charge in [-0.2, -0.15) is 13.2 Å². The lowest BCUT2D eigenvalue weighted by Gasteiger charge is -2.37. The van der Waals surface area contributed by atoms with E-state index >= 15 is 0 Å². The smallest absolute Gasteiger partial charge is 0.416 e. The summed E-state index contributed by atoms with van der Waals surface area (Å²) in [6, 6.07) is 12.1. The van der Waals surface area contributed by atoms with Gasteiger partial charge in [0.15, 0.2) is 0 Å². The molecule has 10 nitrogen and oxygen atoms in total. The number of rotatable bonds is 7. The van der Waals surface area contributed by atoms with Crippen molar-refractivity contribution in [2.24, 2.45) is 18.9 Å². The molecule has 1 heterocycles. The molecular weight excluding hydrogens is 632 g/mol. The van der Waals surface area contributed by atoms with Crippen LogP contribution in [0, 0.1) is 24.6 Å². The summed E-state index contributed by atoms with van der Waals surface area (Å²) >= 11 is 0. The van der Waals surface area contributed by atoms with Crippen molar-refractivity contribution in [1.82, 2.24) is 9.55 Å². The summed E-state index contributed by atoms with van der Waals surface area (Å²) in [7, 11) is -0.834. The predicted octanol–water partition coefficient (Wildman–Crippen LogP) is 5.06. The molecule has 4 aromatic rings. The number of alkyl halides is 3. The maximum absolute atomic E-state index is 14.4. The number of carboxylic acids is 1. The Balaban J connectivity index is 1.38. The SMILES string of the molecule is Cc1nc2cc(S(=O)(=O)N(C)c3ccc([C@H]4C[C@@H](O)C[C@@H](C(=O)Nc5ccc(C(F)(F)F)cc5F)[C@H]4C(=O)O)cc3)ccc2n1C. The van der Waals surface area contributed by atoms with Gasteiger partial charge in [-0.3, -0.25) is 13.9 Å². The summed E-state index contributed by atoms with van der Waals surface area (Å²) in [5.41, 5.74) is 0.124. The molecule has 1 aliphatic rings. The van der Waals surface area contributed by atoms with Crippen molar-refractivity contribution < 1.29 is 45.8 Å². The monoisotopic (exact) mass is 662 g/mol. The van der Waals surface area contributed by atoms with Crippen LogP contribution in [-0.2, 0) is 32.8 Å². The van der Waals surface area contributed by atoms with Crippen molar-refractivity contribution in [2.45, 2.75) is 42.9 Å². The lowest BCUT2D eigenvalue weighted by atomic mass is 9.68. The van der Waals surface area contributed by atoms with Crippen LogP contribution in [0.3, 0.4) is 0 Å². The molecule has 46 heavy (non-hydrogen) atoms. The van der Waals surface area contributed by atoms with Crippen molar-refractivity contribution in [2.75, 3.05) is 16.7 Å². The summed E-state index contributed by atoms with van der Waals surface area (Å²) in [5, 5.41) is 22.9. The summed E-state index contributed by atoms with van der Waals surface area (Å²) in [5.74, 6) is -6.63. The second-order valence-corrected chi connectivity index (χ2v) is 13.3. The molecule has 0 saturated heterocycles. The number of aromatic nitrogens is 2. The highest BCUT2D eigenvalue weighted by Crippen LogP contribution is 2.43. The Kier molecular flexibility index (Phi) is 8.59. The van der Waals surface area contributed by atoms with Gasteiger partial charge in [-0.1, -0.05) is 12.1 Å². The van der Waals surface area contributed by atoms with Gasteiger partial charge in [0.2, 0.25) is 5.91 Å². The van der Waals surface area contributed by atoms with Crippen LogP contribution in [0.5, 0.6) is 0 Å². The molecule has 0 unspecified atom stereocenters. The minimum absolute atomic E-state index is 0.0179. The number of nitrogens with zero attached hydrogens (tertiary/aromatic N) is 3. The van der Waals surface area contributed by atoms with Gasteiger partial charge in [0.25, 0.3) is 10.0 Å². The van der Waals surface area contributed by atoms with E-state index in [1.54, 1.807) is 13.0 Å². The average molecular weight is 663 g/mol. The number of amides is 1. The van der Waals surface area contributed by atoms with E-state index in [9.17, 15) is 45.8 Å². The first-order valence-electron chi connectivity index (χ1n) is 14.1. The summed E-state index contributed by atoms with van der Waals surface area (Å²) < 4.78 is 83.0. The quantitative estimate of drug-likeness (QED) is 0.235. The molecule has 244 valence electrons. The van der Waals surface area contributed by atoms with E-state index in [0.717, 1.165) is 15.9 Å². The Morgan fingerprint density at radius 1 is 1.04 bits per heavy atom. The van der Waals surface area contributed by atoms with Crippen LogP contribution in [0.2, 0.25) is 0 Å². The highest BCUT2D eigenvalue weighted by Gasteiger charge is 2.46. The molecule has 1 fully saturated rings. The van der Waals surface area contributed by atoms with Crippen LogP contribution < -0.4 is 9.62 Å². The molecule has 3 N–H and O–H groups in total. The number of aliphatic hydroxyl groups is 1. The number of imidazole rings is 1. The minimum atomic E-state index is -4.81. The number of nitrogens with one attached hydrogen (secondary N) is 1. The topological polar surface area (TPSA) is 142 Å². The number of anilines is 2. The number of aliphatic hydroxyl groups excluding tert-OH is 1. The van der Waals surface area contributed by atoms with Gasteiger partial charge in [0.1, 0.15) is 11.6 Å². The number of hydrogen-bond acceptors (Lipinski definition) is 6. The van der Waals surface area contributed by atoms with E-state index in [-0.39, 0.29) is 29.5 Å². The number of benzene rings is 3. The van der Waals surface area contributed by atoms with Crippen LogP contribution >= 0.6 is 0 Å². The Hall–Kier alpha value is -4.50. The Bertz CT molecular complexity index is 1930. The van der Waals surface area contributed by atoms with Gasteiger partial charge < -0.3 is 20.1 Å². The Labute approximate surface area is 261 Å². The van der Waals surface area contributed by atoms with Crippen LogP contribution in [0.4, 0.5) is 28.9 Å². The largest absolute Gasteiger partial charge is 0.481 e. The van der Waals surface area contributed by atoms with Gasteiger partial charge in [0, 0.05) is 20.0 Å². The lowest BCUT2D eigenvalue weighted by molar-refractivity contribution is -0.150. The highest BCUT2D eigenvalue weighted by molar-refractivity contribution is 7.92. The van der Waals surface area contributed by atoms with E-state index in [4.69, 9.17) is 0 Å². The molecule has 1 saturated carbocycles. The molecule has 3 aromatic carbocycles. The first-order chi connectivity index (χ1) is 21.5. The van der Waals surface area contributed by atoms with Gasteiger partial charge in [-0.05, 0) is 73.9 Å². The number of carboxylic acid groups (broad SMARTS) is 1. The fourth-order valence-electron chi connectivity index (χ4n) is 5.92. The number of carbonyl (C=O) groups excluding carboxylic acids is 1. The van der Waals surface area contributed by atoms with Crippen molar-refractivity contribution in [3.8, 4) is 0 Å². The second kappa shape index (κ2) is 12.0. The van der Waals surface area contributed by atoms with Gasteiger partial charge in [-0.25, -0.2) is 17.8 Å². The molecule has 1 amide bonds. The number of aryl methyl sites for hydroxylation is 2. The third kappa shape index (κ3) is 6.16. The Morgan fingerprint density at radius 2 is 1.72 bits per heavy atom. The maximum atomic E-state index is 14.4. The van der Waals surface area contributed by atoms with Gasteiger partial charge in [0.05, 0.1) is 50.8 Å². The van der Waals surface area contributed by atoms with Crippen LogP contribution in [0.25, 0.3) is 11.0 Å². The number of fused-ring (bicyclic) bond motifs is 1. The first-order valence-corrected chi connectivity index (χ1v) is 15.5. The maximum Gasteiger partial charge on any atom is 0.416 e. The van der Waals surface area contributed by atoms with Crippen molar-refractivity contribution in [3.05, 3.63) is 83.4 Å². The lowest BCUT2D eigenvalue weighted by Crippen LogP contribution is -2.44. The van der Waals surface area contributed by atoms with E-state index in [2.05, 4.69) is 10.3 Å². The summed E-state index contributed by atoms with van der Waals surface area (Å²) in [4.78, 5) is 30.0. The van der Waals surface area contributed by atoms with E-state index in [1.165, 1.54) is 43.4 Å². The van der Waals surface area contributed by atoms with Crippen molar-refractivity contribution >= 4 is 44.3 Å². The third-order valence-corrected chi connectivity index (χ3v) is 10.3. The van der Waals surface area contributed by atoms with Crippen molar-refractivity contribution in [3.63, 3.8) is 0 Å². The molecule has 0 aliphatic heterocycles. The number of hydrogen-bond donors (Lipinski definition) is 3. The fraction of sp³-hybridized carbons (Fsp3) is 0.323. The number of halogens is 4. The molecule has 0 spiro atoms. The normalized spacial score (nSPS) is 20.4. The van der Waals surface area contributed by atoms with Crippen LogP contribution in [0.15, 0.2) is 65.6 Å².